The minimum absolute atomic E-state index is 0.120. The summed E-state index contributed by atoms with van der Waals surface area (Å²) in [5.41, 5.74) is 2.74. The van der Waals surface area contributed by atoms with Gasteiger partial charge in [0.05, 0.1) is 35.7 Å². The van der Waals surface area contributed by atoms with E-state index in [1.54, 1.807) is 22.1 Å². The van der Waals surface area contributed by atoms with Crippen LogP contribution >= 0.6 is 11.3 Å². The van der Waals surface area contributed by atoms with Gasteiger partial charge in [0.25, 0.3) is 5.91 Å². The summed E-state index contributed by atoms with van der Waals surface area (Å²) in [4.78, 5) is 47.5. The number of nitrogens with one attached hydrogen (secondary N) is 2. The number of anilines is 3. The number of amides is 4. The van der Waals surface area contributed by atoms with Crippen molar-refractivity contribution in [2.75, 3.05) is 36.5 Å². The predicted molar refractivity (Wildman–Crippen MR) is 149 cm³/mol. The van der Waals surface area contributed by atoms with Gasteiger partial charge in [-0.1, -0.05) is 6.58 Å². The molecular weight excluding hydrogens is 518 g/mol. The van der Waals surface area contributed by atoms with Crippen LogP contribution in [0.4, 0.5) is 21.9 Å². The summed E-state index contributed by atoms with van der Waals surface area (Å²) < 4.78 is 11.6. The number of nitrogens with zero attached hydrogens (tertiary/aromatic N) is 3. The van der Waals surface area contributed by atoms with Crippen LogP contribution in [0.2, 0.25) is 0 Å². The molecule has 6 rings (SSSR count). The van der Waals surface area contributed by atoms with E-state index in [2.05, 4.69) is 22.2 Å². The predicted octanol–water partition coefficient (Wildman–Crippen LogP) is 4.36. The van der Waals surface area contributed by atoms with E-state index in [0.29, 0.717) is 53.8 Å². The number of carbonyl (C=O) groups excluding carboxylic acids is 3. The van der Waals surface area contributed by atoms with Crippen LogP contribution in [-0.2, 0) is 9.53 Å². The summed E-state index contributed by atoms with van der Waals surface area (Å²) in [5, 5.41) is 6.69. The molecule has 2 fully saturated rings. The number of aromatic nitrogens is 1. The van der Waals surface area contributed by atoms with Crippen LogP contribution in [0.25, 0.3) is 10.2 Å². The minimum atomic E-state index is -0.354. The van der Waals surface area contributed by atoms with Gasteiger partial charge in [-0.2, -0.15) is 0 Å². The van der Waals surface area contributed by atoms with Crippen molar-refractivity contribution >= 4 is 56.5 Å². The maximum atomic E-state index is 13.5. The Balaban J connectivity index is 1.27. The molecule has 0 saturated carbocycles. The van der Waals surface area contributed by atoms with Crippen molar-refractivity contribution in [3.8, 4) is 5.75 Å². The molecule has 39 heavy (non-hydrogen) atoms. The Morgan fingerprint density at radius 1 is 1.23 bits per heavy atom. The Kier molecular flexibility index (Phi) is 6.69. The smallest absolute Gasteiger partial charge is 0.331 e. The Morgan fingerprint density at radius 2 is 2.05 bits per heavy atom. The van der Waals surface area contributed by atoms with Gasteiger partial charge in [-0.15, -0.1) is 11.3 Å². The van der Waals surface area contributed by atoms with Crippen molar-refractivity contribution in [1.29, 1.82) is 0 Å². The number of hydrogen-bond acceptors (Lipinski definition) is 7. The second-order valence-electron chi connectivity index (χ2n) is 9.91. The summed E-state index contributed by atoms with van der Waals surface area (Å²) in [6.07, 6.45) is 5.42. The molecule has 5 heterocycles. The maximum absolute atomic E-state index is 13.5. The van der Waals surface area contributed by atoms with Crippen molar-refractivity contribution < 1.29 is 23.9 Å². The second kappa shape index (κ2) is 10.3. The third-order valence-corrected chi connectivity index (χ3v) is 8.44. The van der Waals surface area contributed by atoms with Crippen LogP contribution in [-0.4, -0.2) is 66.2 Å². The van der Waals surface area contributed by atoms with E-state index in [9.17, 15) is 14.4 Å². The lowest BCUT2D eigenvalue weighted by Crippen LogP contribution is -2.39. The number of urea groups is 1. The number of thiophene rings is 1. The molecule has 3 aliphatic rings. The standard InChI is InChI=1S/C28H29N5O5S/c1-3-22(34)32-11-7-17(15-32)30-26(35)25-24-23-21(6-10-29-27(23)39-25)33(28(36)31-24)20-5-4-19(14-16(20)2)38-18-8-12-37-13-9-18/h3-6,10,14,17-18H,1,7-9,11-13,15H2,2H3,(H,30,35)(H,31,36). The van der Waals surface area contributed by atoms with E-state index in [4.69, 9.17) is 9.47 Å². The number of pyridine rings is 1. The van der Waals surface area contributed by atoms with Gasteiger partial charge in [0.1, 0.15) is 21.6 Å². The minimum Gasteiger partial charge on any atom is -0.490 e. The van der Waals surface area contributed by atoms with Crippen molar-refractivity contribution in [1.82, 2.24) is 15.2 Å². The number of ether oxygens (including phenoxy) is 2. The molecule has 10 nitrogen and oxygen atoms in total. The third-order valence-electron chi connectivity index (χ3n) is 7.34. The molecular formula is C28H29N5O5S. The Morgan fingerprint density at radius 3 is 2.82 bits per heavy atom. The average Bonchev–Trinajstić information content (AvgIpc) is 3.55. The summed E-state index contributed by atoms with van der Waals surface area (Å²) >= 11 is 1.24. The first-order valence-corrected chi connectivity index (χ1v) is 13.8. The zero-order valence-corrected chi connectivity index (χ0v) is 22.4. The maximum Gasteiger partial charge on any atom is 0.331 e. The lowest BCUT2D eigenvalue weighted by atomic mass is 10.1. The van der Waals surface area contributed by atoms with Crippen molar-refractivity contribution in [3.05, 3.63) is 53.6 Å². The van der Waals surface area contributed by atoms with Gasteiger partial charge >= 0.3 is 6.03 Å². The van der Waals surface area contributed by atoms with E-state index < -0.39 is 0 Å². The van der Waals surface area contributed by atoms with Crippen molar-refractivity contribution in [2.45, 2.75) is 38.3 Å². The Hall–Kier alpha value is -3.96. The number of carbonyl (C=O) groups is 3. The van der Waals surface area contributed by atoms with Gasteiger partial charge in [0.2, 0.25) is 5.91 Å². The molecule has 2 saturated heterocycles. The lowest BCUT2D eigenvalue weighted by molar-refractivity contribution is -0.125. The van der Waals surface area contributed by atoms with Gasteiger partial charge < -0.3 is 25.0 Å². The lowest BCUT2D eigenvalue weighted by Gasteiger charge is -2.30. The molecule has 2 aromatic heterocycles. The monoisotopic (exact) mass is 547 g/mol. The van der Waals surface area contributed by atoms with Gasteiger partial charge in [-0.25, -0.2) is 9.78 Å². The molecule has 0 radical (unpaired) electrons. The molecule has 2 N–H and O–H groups in total. The Bertz CT molecular complexity index is 1480. The van der Waals surface area contributed by atoms with Crippen LogP contribution in [0.5, 0.6) is 5.75 Å². The fourth-order valence-electron chi connectivity index (χ4n) is 5.38. The fraction of sp³-hybridized carbons (Fsp3) is 0.357. The van der Waals surface area contributed by atoms with Gasteiger partial charge in [-0.05, 0) is 49.2 Å². The van der Waals surface area contributed by atoms with E-state index in [-0.39, 0.29) is 30.0 Å². The quantitative estimate of drug-likeness (QED) is 0.444. The van der Waals surface area contributed by atoms with Crippen LogP contribution in [0, 0.1) is 6.92 Å². The number of benzene rings is 1. The number of aryl methyl sites for hydroxylation is 1. The number of likely N-dealkylation sites (tertiary alicyclic amines) is 1. The highest BCUT2D eigenvalue weighted by Crippen LogP contribution is 2.46. The SMILES string of the molecule is C=CC(=O)N1CCC(NC(=O)c2sc3nccc4c3c2NC(=O)N4c2ccc(OC3CCOCC3)cc2C)C1. The molecule has 4 amide bonds. The van der Waals surface area contributed by atoms with E-state index >= 15 is 0 Å². The topological polar surface area (TPSA) is 113 Å². The average molecular weight is 548 g/mol. The molecule has 11 heteroatoms. The largest absolute Gasteiger partial charge is 0.490 e. The van der Waals surface area contributed by atoms with Gasteiger partial charge in [0, 0.05) is 38.2 Å². The molecule has 202 valence electrons. The number of rotatable bonds is 6. The molecule has 1 atom stereocenters. The first-order valence-electron chi connectivity index (χ1n) is 13.0. The molecule has 0 aliphatic carbocycles. The molecule has 0 bridgehead atoms. The highest BCUT2D eigenvalue weighted by molar-refractivity contribution is 7.21. The summed E-state index contributed by atoms with van der Waals surface area (Å²) in [6.45, 7) is 7.86. The highest BCUT2D eigenvalue weighted by Gasteiger charge is 2.34. The normalized spacial score (nSPS) is 19.2. The van der Waals surface area contributed by atoms with Gasteiger partial charge in [-0.3, -0.25) is 14.5 Å². The van der Waals surface area contributed by atoms with Crippen LogP contribution in [0.15, 0.2) is 43.1 Å². The molecule has 1 unspecified atom stereocenters. The van der Waals surface area contributed by atoms with Crippen molar-refractivity contribution in [2.24, 2.45) is 0 Å². The molecule has 1 aromatic carbocycles. The molecule has 3 aromatic rings. The van der Waals surface area contributed by atoms with Crippen LogP contribution in [0.3, 0.4) is 0 Å². The van der Waals surface area contributed by atoms with Crippen LogP contribution in [0.1, 0.15) is 34.5 Å². The second-order valence-corrected chi connectivity index (χ2v) is 10.9. The van der Waals surface area contributed by atoms with E-state index in [1.165, 1.54) is 17.4 Å². The zero-order valence-electron chi connectivity index (χ0n) is 21.6. The Labute approximate surface area is 229 Å². The van der Waals surface area contributed by atoms with Crippen LogP contribution < -0.4 is 20.3 Å². The third kappa shape index (κ3) is 4.72. The first kappa shape index (κ1) is 25.3. The fourth-order valence-corrected chi connectivity index (χ4v) is 6.40. The highest BCUT2D eigenvalue weighted by atomic mass is 32.1. The summed E-state index contributed by atoms with van der Waals surface area (Å²) in [5.74, 6) is 0.315. The van der Waals surface area contributed by atoms with Gasteiger partial charge in [0.15, 0.2) is 0 Å². The number of hydrogen-bond donors (Lipinski definition) is 2. The van der Waals surface area contributed by atoms with Crippen molar-refractivity contribution in [3.63, 3.8) is 0 Å². The summed E-state index contributed by atoms with van der Waals surface area (Å²) in [6, 6.07) is 6.98. The first-order chi connectivity index (χ1) is 18.9. The molecule has 3 aliphatic heterocycles. The molecule has 0 spiro atoms. The van der Waals surface area contributed by atoms with E-state index in [0.717, 1.165) is 35.2 Å². The zero-order chi connectivity index (χ0) is 27.1. The van der Waals surface area contributed by atoms with E-state index in [1.807, 2.05) is 25.1 Å². The summed E-state index contributed by atoms with van der Waals surface area (Å²) in [7, 11) is 0.